The van der Waals surface area contributed by atoms with Crippen LogP contribution in [0.3, 0.4) is 0 Å². The Morgan fingerprint density at radius 1 is 1.07 bits per heavy atom. The molecule has 0 aliphatic heterocycles. The third-order valence-corrected chi connectivity index (χ3v) is 4.52. The van der Waals surface area contributed by atoms with Crippen LogP contribution in [0, 0.1) is 12.8 Å². The predicted octanol–water partition coefficient (Wildman–Crippen LogP) is 4.23. The number of hydrogen-bond acceptors (Lipinski definition) is 5. The second-order valence-corrected chi connectivity index (χ2v) is 7.44. The molecule has 0 spiro atoms. The van der Waals surface area contributed by atoms with Gasteiger partial charge in [-0.2, -0.15) is 9.67 Å². The van der Waals surface area contributed by atoms with Crippen LogP contribution in [0.15, 0.2) is 48.5 Å². The first-order chi connectivity index (χ1) is 13.3. The van der Waals surface area contributed by atoms with Crippen LogP contribution in [-0.4, -0.2) is 34.8 Å². The average molecular weight is 377 g/mol. The van der Waals surface area contributed by atoms with Gasteiger partial charge < -0.3 is 10.2 Å². The molecule has 0 unspecified atom stereocenters. The smallest absolute Gasteiger partial charge is 0.252 e. The fourth-order valence-electron chi connectivity index (χ4n) is 2.74. The molecule has 0 aliphatic carbocycles. The molecule has 0 radical (unpaired) electrons. The van der Waals surface area contributed by atoms with Crippen molar-refractivity contribution in [2.24, 2.45) is 5.92 Å². The van der Waals surface area contributed by atoms with E-state index in [9.17, 15) is 4.79 Å². The maximum absolute atomic E-state index is 12.6. The van der Waals surface area contributed by atoms with Crippen LogP contribution in [0.4, 0.5) is 11.6 Å². The monoisotopic (exact) mass is 377 g/mol. The van der Waals surface area contributed by atoms with Crippen LogP contribution in [0.5, 0.6) is 0 Å². The minimum absolute atomic E-state index is 0.0867. The third kappa shape index (κ3) is 4.39. The highest BCUT2D eigenvalue weighted by Crippen LogP contribution is 2.20. The second kappa shape index (κ2) is 8.25. The summed E-state index contributed by atoms with van der Waals surface area (Å²) in [6, 6.07) is 16.2. The first-order valence-electron chi connectivity index (χ1n) is 9.43. The molecule has 1 heterocycles. The van der Waals surface area contributed by atoms with E-state index >= 15 is 0 Å². The maximum atomic E-state index is 12.6. The summed E-state index contributed by atoms with van der Waals surface area (Å²) in [5, 5.41) is 7.74. The fraction of sp³-hybridized carbons (Fsp3) is 0.318. The molecule has 0 saturated carbocycles. The Balaban J connectivity index is 1.85. The summed E-state index contributed by atoms with van der Waals surface area (Å²) in [4.78, 5) is 19.3. The van der Waals surface area contributed by atoms with Crippen LogP contribution in [0.2, 0.25) is 0 Å². The van der Waals surface area contributed by atoms with Gasteiger partial charge in [-0.3, -0.25) is 4.79 Å². The minimum Gasteiger partial charge on any atom is -0.378 e. The highest BCUT2D eigenvalue weighted by atomic mass is 16.2. The van der Waals surface area contributed by atoms with Gasteiger partial charge in [-0.15, -0.1) is 5.10 Å². The van der Waals surface area contributed by atoms with Gasteiger partial charge in [0.2, 0.25) is 5.95 Å². The van der Waals surface area contributed by atoms with Crippen molar-refractivity contribution >= 4 is 17.5 Å². The number of rotatable bonds is 6. The Morgan fingerprint density at radius 3 is 2.29 bits per heavy atom. The number of benzene rings is 2. The quantitative estimate of drug-likeness (QED) is 0.696. The van der Waals surface area contributed by atoms with Crippen LogP contribution in [0.25, 0.3) is 11.4 Å². The standard InChI is InChI=1S/C22H27N5O/c1-15(2)21(28)27-22(23-14-17-8-12-19(13-9-17)26(4)5)24-20(25-27)18-10-6-16(3)7-11-18/h6-13,15H,14H2,1-5H3,(H,23,24,25). The van der Waals surface area contributed by atoms with E-state index < -0.39 is 0 Å². The van der Waals surface area contributed by atoms with Gasteiger partial charge in [-0.05, 0) is 24.6 Å². The van der Waals surface area contributed by atoms with E-state index in [0.29, 0.717) is 18.3 Å². The van der Waals surface area contributed by atoms with Gasteiger partial charge in [0, 0.05) is 37.8 Å². The molecule has 6 heteroatoms. The zero-order valence-electron chi connectivity index (χ0n) is 17.1. The topological polar surface area (TPSA) is 63.1 Å². The van der Waals surface area contributed by atoms with Crippen LogP contribution < -0.4 is 10.2 Å². The summed E-state index contributed by atoms with van der Waals surface area (Å²) >= 11 is 0. The van der Waals surface area contributed by atoms with Crippen LogP contribution in [0.1, 0.15) is 29.8 Å². The number of carbonyl (C=O) groups excluding carboxylic acids is 1. The lowest BCUT2D eigenvalue weighted by atomic mass is 10.1. The normalized spacial score (nSPS) is 10.9. The van der Waals surface area contributed by atoms with Crippen molar-refractivity contribution in [2.75, 3.05) is 24.3 Å². The van der Waals surface area contributed by atoms with Crippen molar-refractivity contribution in [2.45, 2.75) is 27.3 Å². The van der Waals surface area contributed by atoms with E-state index in [-0.39, 0.29) is 11.8 Å². The Labute approximate surface area is 166 Å². The first kappa shape index (κ1) is 19.6. The van der Waals surface area contributed by atoms with Crippen molar-refractivity contribution in [1.29, 1.82) is 0 Å². The van der Waals surface area contributed by atoms with Crippen molar-refractivity contribution in [3.05, 3.63) is 59.7 Å². The summed E-state index contributed by atoms with van der Waals surface area (Å²) < 4.78 is 1.38. The molecule has 0 bridgehead atoms. The molecule has 0 atom stereocenters. The Morgan fingerprint density at radius 2 is 1.71 bits per heavy atom. The summed E-state index contributed by atoms with van der Waals surface area (Å²) in [6.07, 6.45) is 0. The molecule has 0 fully saturated rings. The maximum Gasteiger partial charge on any atom is 0.252 e. The van der Waals surface area contributed by atoms with Gasteiger partial charge >= 0.3 is 0 Å². The number of hydrogen-bond donors (Lipinski definition) is 1. The average Bonchev–Trinajstić information content (AvgIpc) is 3.10. The van der Waals surface area contributed by atoms with E-state index in [1.165, 1.54) is 10.2 Å². The lowest BCUT2D eigenvalue weighted by Gasteiger charge is -2.13. The van der Waals surface area contributed by atoms with Crippen LogP contribution in [-0.2, 0) is 6.54 Å². The summed E-state index contributed by atoms with van der Waals surface area (Å²) in [5.41, 5.74) is 4.30. The largest absolute Gasteiger partial charge is 0.378 e. The molecule has 146 valence electrons. The molecule has 1 aromatic heterocycles. The van der Waals surface area contributed by atoms with Crippen molar-refractivity contribution in [3.63, 3.8) is 0 Å². The number of aromatic nitrogens is 3. The molecule has 2 aromatic carbocycles. The molecule has 0 saturated heterocycles. The van der Waals surface area contributed by atoms with Crippen molar-refractivity contribution in [1.82, 2.24) is 14.8 Å². The summed E-state index contributed by atoms with van der Waals surface area (Å²) in [5.74, 6) is 0.745. The minimum atomic E-state index is -0.174. The molecule has 28 heavy (non-hydrogen) atoms. The van der Waals surface area contributed by atoms with Gasteiger partial charge in [0.25, 0.3) is 5.91 Å². The van der Waals surface area contributed by atoms with E-state index in [1.54, 1.807) is 0 Å². The van der Waals surface area contributed by atoms with Crippen molar-refractivity contribution in [3.8, 4) is 11.4 Å². The van der Waals surface area contributed by atoms with Crippen LogP contribution >= 0.6 is 0 Å². The van der Waals surface area contributed by atoms with Gasteiger partial charge in [-0.25, -0.2) is 0 Å². The SMILES string of the molecule is Cc1ccc(-c2nc(NCc3ccc(N(C)C)cc3)n(C(=O)C(C)C)n2)cc1. The second-order valence-electron chi connectivity index (χ2n) is 7.44. The zero-order chi connectivity index (χ0) is 20.3. The highest BCUT2D eigenvalue weighted by Gasteiger charge is 2.19. The third-order valence-electron chi connectivity index (χ3n) is 4.52. The van der Waals surface area contributed by atoms with Gasteiger partial charge in [0.05, 0.1) is 0 Å². The molecule has 0 aliphatic rings. The van der Waals surface area contributed by atoms with E-state index in [0.717, 1.165) is 16.8 Å². The van der Waals surface area contributed by atoms with E-state index in [2.05, 4.69) is 44.6 Å². The number of aryl methyl sites for hydroxylation is 1. The number of anilines is 2. The van der Waals surface area contributed by atoms with Crippen molar-refractivity contribution < 1.29 is 4.79 Å². The fourth-order valence-corrected chi connectivity index (χ4v) is 2.74. The molecule has 1 N–H and O–H groups in total. The molecule has 3 aromatic rings. The lowest BCUT2D eigenvalue weighted by Crippen LogP contribution is -2.21. The highest BCUT2D eigenvalue weighted by molar-refractivity contribution is 5.83. The number of nitrogens with one attached hydrogen (secondary N) is 1. The Bertz CT molecular complexity index is 940. The molecule has 0 amide bonds. The van der Waals surface area contributed by atoms with E-state index in [1.807, 2.05) is 59.1 Å². The zero-order valence-corrected chi connectivity index (χ0v) is 17.1. The van der Waals surface area contributed by atoms with Gasteiger partial charge in [-0.1, -0.05) is 55.8 Å². The number of nitrogens with zero attached hydrogens (tertiary/aromatic N) is 4. The summed E-state index contributed by atoms with van der Waals surface area (Å²) in [6.45, 7) is 6.32. The first-order valence-corrected chi connectivity index (χ1v) is 9.43. The van der Waals surface area contributed by atoms with E-state index in [4.69, 9.17) is 0 Å². The summed E-state index contributed by atoms with van der Waals surface area (Å²) in [7, 11) is 4.03. The molecule has 3 rings (SSSR count). The predicted molar refractivity (Wildman–Crippen MR) is 114 cm³/mol. The molecular weight excluding hydrogens is 350 g/mol. The lowest BCUT2D eigenvalue weighted by molar-refractivity contribution is 0.0841. The van der Waals surface area contributed by atoms with Gasteiger partial charge in [0.1, 0.15) is 0 Å². The number of carbonyl (C=O) groups is 1. The van der Waals surface area contributed by atoms with Gasteiger partial charge in [0.15, 0.2) is 5.82 Å². The molecular formula is C22H27N5O. The molecule has 6 nitrogen and oxygen atoms in total. The Kier molecular flexibility index (Phi) is 5.78. The Hall–Kier alpha value is -3.15.